The van der Waals surface area contributed by atoms with Crippen LogP contribution < -0.4 is 15.4 Å². The normalized spacial score (nSPS) is 19.6. The Balaban J connectivity index is 1.40. The standard InChI is InChI=1S/C26H26F3N3O5/c27-26(28,29)18-2-4-20-17(14-25(37-22(20)12-18)5-9-36-10-6-25)11-23(34)30-19-3-1-16-15-32(7-8-33)24(35)31-21(16)13-19/h1-4,11-13,33H,5-10,14-15H2,(H,30,34)(H,31,35)/b17-11+. The first-order valence-corrected chi connectivity index (χ1v) is 12.0. The van der Waals surface area contributed by atoms with Crippen LogP contribution in [0.4, 0.5) is 29.3 Å². The van der Waals surface area contributed by atoms with Crippen molar-refractivity contribution in [2.75, 3.05) is 37.0 Å². The van der Waals surface area contributed by atoms with E-state index < -0.39 is 23.2 Å². The summed E-state index contributed by atoms with van der Waals surface area (Å²) >= 11 is 0. The highest BCUT2D eigenvalue weighted by molar-refractivity contribution is 6.05. The predicted molar refractivity (Wildman–Crippen MR) is 129 cm³/mol. The molecule has 37 heavy (non-hydrogen) atoms. The molecule has 0 atom stereocenters. The van der Waals surface area contributed by atoms with Crippen LogP contribution in [0.2, 0.25) is 0 Å². The predicted octanol–water partition coefficient (Wildman–Crippen LogP) is 4.40. The zero-order valence-electron chi connectivity index (χ0n) is 19.9. The van der Waals surface area contributed by atoms with Gasteiger partial charge in [-0.25, -0.2) is 4.79 Å². The van der Waals surface area contributed by atoms with Crippen molar-refractivity contribution in [3.05, 3.63) is 59.2 Å². The molecule has 3 aliphatic heterocycles. The third kappa shape index (κ3) is 5.28. The zero-order valence-corrected chi connectivity index (χ0v) is 19.9. The Hall–Kier alpha value is -3.57. The molecule has 2 aromatic carbocycles. The number of benzene rings is 2. The van der Waals surface area contributed by atoms with Crippen LogP contribution in [0.25, 0.3) is 5.57 Å². The number of hydrogen-bond donors (Lipinski definition) is 3. The summed E-state index contributed by atoms with van der Waals surface area (Å²) in [5.74, 6) is -0.347. The summed E-state index contributed by atoms with van der Waals surface area (Å²) in [6.07, 6.45) is -1.76. The van der Waals surface area contributed by atoms with E-state index in [1.165, 1.54) is 17.0 Å². The molecular formula is C26H26F3N3O5. The maximum Gasteiger partial charge on any atom is 0.416 e. The summed E-state index contributed by atoms with van der Waals surface area (Å²) in [6.45, 7) is 1.24. The van der Waals surface area contributed by atoms with Gasteiger partial charge in [-0.05, 0) is 35.4 Å². The molecule has 2 aromatic rings. The van der Waals surface area contributed by atoms with E-state index >= 15 is 0 Å². The molecule has 0 saturated carbocycles. The van der Waals surface area contributed by atoms with Crippen molar-refractivity contribution in [1.29, 1.82) is 0 Å². The number of rotatable bonds is 4. The number of fused-ring (bicyclic) bond motifs is 2. The van der Waals surface area contributed by atoms with Crippen molar-refractivity contribution >= 4 is 28.9 Å². The van der Waals surface area contributed by atoms with Crippen LogP contribution in [0.5, 0.6) is 5.75 Å². The fourth-order valence-corrected chi connectivity index (χ4v) is 4.93. The minimum atomic E-state index is -4.52. The second kappa shape index (κ2) is 9.71. The van der Waals surface area contributed by atoms with Crippen molar-refractivity contribution in [3.63, 3.8) is 0 Å². The van der Waals surface area contributed by atoms with Gasteiger partial charge < -0.3 is 30.1 Å². The van der Waals surface area contributed by atoms with Crippen LogP contribution in [-0.2, 0) is 22.3 Å². The highest BCUT2D eigenvalue weighted by Gasteiger charge is 2.41. The molecule has 0 unspecified atom stereocenters. The molecule has 3 N–H and O–H groups in total. The fourth-order valence-electron chi connectivity index (χ4n) is 4.93. The maximum absolute atomic E-state index is 13.4. The molecule has 3 aliphatic rings. The first-order valence-electron chi connectivity index (χ1n) is 12.0. The molecule has 0 aromatic heterocycles. The van der Waals surface area contributed by atoms with Crippen molar-refractivity contribution in [1.82, 2.24) is 4.90 Å². The van der Waals surface area contributed by atoms with E-state index in [0.29, 0.717) is 61.5 Å². The van der Waals surface area contributed by atoms with Gasteiger partial charge in [0, 0.05) is 55.4 Å². The summed E-state index contributed by atoms with van der Waals surface area (Å²) in [5, 5.41) is 14.6. The van der Waals surface area contributed by atoms with Gasteiger partial charge in [-0.2, -0.15) is 13.2 Å². The van der Waals surface area contributed by atoms with E-state index in [0.717, 1.165) is 17.7 Å². The Morgan fingerprint density at radius 3 is 2.70 bits per heavy atom. The number of aliphatic hydroxyl groups is 1. The molecule has 5 rings (SSSR count). The largest absolute Gasteiger partial charge is 0.486 e. The lowest BCUT2D eigenvalue weighted by Crippen LogP contribution is -2.44. The topological polar surface area (TPSA) is 100 Å². The minimum Gasteiger partial charge on any atom is -0.486 e. The van der Waals surface area contributed by atoms with Crippen LogP contribution in [0.3, 0.4) is 0 Å². The van der Waals surface area contributed by atoms with Gasteiger partial charge in [-0.15, -0.1) is 0 Å². The van der Waals surface area contributed by atoms with Gasteiger partial charge in [0.05, 0.1) is 25.4 Å². The summed E-state index contributed by atoms with van der Waals surface area (Å²) in [7, 11) is 0. The first-order chi connectivity index (χ1) is 17.7. The molecule has 196 valence electrons. The second-order valence-corrected chi connectivity index (χ2v) is 9.39. The van der Waals surface area contributed by atoms with Crippen molar-refractivity contribution in [2.45, 2.75) is 37.6 Å². The van der Waals surface area contributed by atoms with Gasteiger partial charge in [0.2, 0.25) is 5.91 Å². The van der Waals surface area contributed by atoms with Gasteiger partial charge in [0.25, 0.3) is 0 Å². The van der Waals surface area contributed by atoms with E-state index in [4.69, 9.17) is 14.6 Å². The maximum atomic E-state index is 13.4. The zero-order chi connectivity index (χ0) is 26.2. The molecular weight excluding hydrogens is 491 g/mol. The molecule has 11 heteroatoms. The molecule has 3 amide bonds. The van der Waals surface area contributed by atoms with Gasteiger partial charge in [-0.3, -0.25) is 4.79 Å². The third-order valence-electron chi connectivity index (χ3n) is 6.84. The molecule has 1 fully saturated rings. The number of hydrogen-bond acceptors (Lipinski definition) is 5. The number of carbonyl (C=O) groups is 2. The molecule has 1 saturated heterocycles. The number of carbonyl (C=O) groups excluding carboxylic acids is 2. The molecule has 8 nitrogen and oxygen atoms in total. The highest BCUT2D eigenvalue weighted by Crippen LogP contribution is 2.46. The summed E-state index contributed by atoms with van der Waals surface area (Å²) in [6, 6.07) is 8.11. The smallest absolute Gasteiger partial charge is 0.416 e. The fraction of sp³-hybridized carbons (Fsp3) is 0.385. The summed E-state index contributed by atoms with van der Waals surface area (Å²) in [4.78, 5) is 26.7. The van der Waals surface area contributed by atoms with E-state index in [1.54, 1.807) is 18.2 Å². The number of urea groups is 1. The number of anilines is 2. The quantitative estimate of drug-likeness (QED) is 0.522. The Labute approximate surface area is 211 Å². The Morgan fingerprint density at radius 1 is 1.19 bits per heavy atom. The number of alkyl halides is 3. The number of amides is 3. The number of aliphatic hydroxyl groups excluding tert-OH is 1. The van der Waals surface area contributed by atoms with Crippen molar-refractivity contribution in [2.24, 2.45) is 0 Å². The second-order valence-electron chi connectivity index (χ2n) is 9.39. The number of halogens is 3. The number of nitrogens with zero attached hydrogens (tertiary/aromatic N) is 1. The first kappa shape index (κ1) is 25.1. The number of nitrogens with one attached hydrogen (secondary N) is 2. The average molecular weight is 518 g/mol. The lowest BCUT2D eigenvalue weighted by molar-refractivity contribution is -0.138. The summed E-state index contributed by atoms with van der Waals surface area (Å²) in [5.41, 5.74) is 1.33. The SMILES string of the molecule is O=C(/C=C1\CC2(CCOCC2)Oc2cc(C(F)(F)F)ccc21)Nc1ccc2c(c1)NC(=O)N(CCO)C2. The van der Waals surface area contributed by atoms with E-state index in [9.17, 15) is 22.8 Å². The third-order valence-corrected chi connectivity index (χ3v) is 6.84. The van der Waals surface area contributed by atoms with Crippen LogP contribution >= 0.6 is 0 Å². The van der Waals surface area contributed by atoms with Gasteiger partial charge in [-0.1, -0.05) is 12.1 Å². The van der Waals surface area contributed by atoms with E-state index in [1.807, 2.05) is 0 Å². The molecule has 0 radical (unpaired) electrons. The van der Waals surface area contributed by atoms with Crippen LogP contribution in [0.1, 0.15) is 36.0 Å². The lowest BCUT2D eigenvalue weighted by Gasteiger charge is -2.42. The lowest BCUT2D eigenvalue weighted by atomic mass is 9.81. The average Bonchev–Trinajstić information content (AvgIpc) is 2.84. The summed E-state index contributed by atoms with van der Waals surface area (Å²) < 4.78 is 51.6. The highest BCUT2D eigenvalue weighted by atomic mass is 19.4. The number of β-amino-alcohol motifs (C(OH)–C–C–N with tert-alkyl or cyclic N) is 1. The minimum absolute atomic E-state index is 0.103. The van der Waals surface area contributed by atoms with Gasteiger partial charge in [0.1, 0.15) is 11.4 Å². The monoisotopic (exact) mass is 517 g/mol. The Bertz CT molecular complexity index is 1250. The molecule has 3 heterocycles. The number of ether oxygens (including phenoxy) is 2. The molecule has 0 bridgehead atoms. The van der Waals surface area contributed by atoms with Gasteiger partial charge >= 0.3 is 12.2 Å². The van der Waals surface area contributed by atoms with E-state index in [2.05, 4.69) is 10.6 Å². The van der Waals surface area contributed by atoms with E-state index in [-0.39, 0.29) is 24.9 Å². The van der Waals surface area contributed by atoms with Gasteiger partial charge in [0.15, 0.2) is 0 Å². The Morgan fingerprint density at radius 2 is 1.97 bits per heavy atom. The van der Waals surface area contributed by atoms with Crippen molar-refractivity contribution < 1.29 is 37.3 Å². The van der Waals surface area contributed by atoms with Crippen LogP contribution in [0, 0.1) is 0 Å². The van der Waals surface area contributed by atoms with Crippen LogP contribution in [-0.4, -0.2) is 53.9 Å². The molecule has 1 spiro atoms. The Kier molecular flexibility index (Phi) is 6.59. The van der Waals surface area contributed by atoms with Crippen molar-refractivity contribution in [3.8, 4) is 5.75 Å². The van der Waals surface area contributed by atoms with Crippen LogP contribution in [0.15, 0.2) is 42.5 Å². The molecule has 0 aliphatic carbocycles.